The van der Waals surface area contributed by atoms with Crippen LogP contribution in [0.2, 0.25) is 0 Å². The molecule has 27 heavy (non-hydrogen) atoms. The van der Waals surface area contributed by atoms with Gasteiger partial charge in [-0.15, -0.1) is 0 Å². The smallest absolute Gasteiger partial charge is 0.229 e. The van der Waals surface area contributed by atoms with Crippen LogP contribution in [0.3, 0.4) is 0 Å². The van der Waals surface area contributed by atoms with Gasteiger partial charge in [0.2, 0.25) is 11.8 Å². The van der Waals surface area contributed by atoms with Gasteiger partial charge in [0.1, 0.15) is 0 Å². The lowest BCUT2D eigenvalue weighted by Crippen LogP contribution is -2.27. The minimum atomic E-state index is -0.479. The number of amides is 2. The highest BCUT2D eigenvalue weighted by atomic mass is 16.2. The van der Waals surface area contributed by atoms with Gasteiger partial charge in [-0.05, 0) is 34.5 Å². The summed E-state index contributed by atoms with van der Waals surface area (Å²) < 4.78 is 0. The topological polar surface area (TPSA) is 58.2 Å². The van der Waals surface area contributed by atoms with Gasteiger partial charge >= 0.3 is 0 Å². The van der Waals surface area contributed by atoms with Gasteiger partial charge in [-0.2, -0.15) is 0 Å². The number of benzene rings is 3. The highest BCUT2D eigenvalue weighted by Gasteiger charge is 2.21. The van der Waals surface area contributed by atoms with Crippen LogP contribution in [0, 0.1) is 5.41 Å². The van der Waals surface area contributed by atoms with Gasteiger partial charge in [0.15, 0.2) is 0 Å². The second kappa shape index (κ2) is 7.62. The van der Waals surface area contributed by atoms with E-state index < -0.39 is 5.41 Å². The Balaban J connectivity index is 1.71. The molecule has 3 rings (SSSR count). The molecule has 0 fully saturated rings. The summed E-state index contributed by atoms with van der Waals surface area (Å²) in [6.07, 6.45) is 0.292. The summed E-state index contributed by atoms with van der Waals surface area (Å²) in [6.45, 7) is 5.58. The van der Waals surface area contributed by atoms with Crippen LogP contribution in [-0.2, 0) is 16.0 Å². The molecule has 0 aliphatic carbocycles. The minimum absolute atomic E-state index is 0.0678. The van der Waals surface area contributed by atoms with E-state index in [1.165, 1.54) is 0 Å². The molecule has 3 aromatic rings. The Morgan fingerprint density at radius 3 is 2.19 bits per heavy atom. The van der Waals surface area contributed by atoms with Crippen LogP contribution in [0.4, 0.5) is 11.4 Å². The normalized spacial score (nSPS) is 11.2. The van der Waals surface area contributed by atoms with Crippen LogP contribution in [-0.4, -0.2) is 11.8 Å². The summed E-state index contributed by atoms with van der Waals surface area (Å²) in [5, 5.41) is 8.00. The molecule has 0 aromatic heterocycles. The van der Waals surface area contributed by atoms with Gasteiger partial charge in [-0.1, -0.05) is 69.3 Å². The van der Waals surface area contributed by atoms with Gasteiger partial charge in [0.25, 0.3) is 0 Å². The van der Waals surface area contributed by atoms with Crippen molar-refractivity contribution in [1.29, 1.82) is 0 Å². The molecular weight excluding hydrogens is 336 g/mol. The first-order chi connectivity index (χ1) is 12.8. The number of anilines is 2. The fraction of sp³-hybridized carbons (Fsp3) is 0.217. The molecule has 0 aliphatic rings. The summed E-state index contributed by atoms with van der Waals surface area (Å²) >= 11 is 0. The number of hydrogen-bond donors (Lipinski definition) is 2. The van der Waals surface area contributed by atoms with Crippen molar-refractivity contribution in [2.75, 3.05) is 10.6 Å². The second-order valence-corrected chi connectivity index (χ2v) is 7.65. The first-order valence-electron chi connectivity index (χ1n) is 9.01. The molecule has 4 nitrogen and oxygen atoms in total. The predicted molar refractivity (Wildman–Crippen MR) is 111 cm³/mol. The Bertz CT molecular complexity index is 982. The van der Waals surface area contributed by atoms with Crippen molar-refractivity contribution in [2.24, 2.45) is 5.41 Å². The number of carbonyl (C=O) groups excluding carboxylic acids is 2. The van der Waals surface area contributed by atoms with E-state index >= 15 is 0 Å². The lowest BCUT2D eigenvalue weighted by molar-refractivity contribution is -0.123. The van der Waals surface area contributed by atoms with Crippen LogP contribution in [0.15, 0.2) is 66.7 Å². The summed E-state index contributed by atoms with van der Waals surface area (Å²) in [6, 6.07) is 21.2. The lowest BCUT2D eigenvalue weighted by atomic mass is 9.95. The van der Waals surface area contributed by atoms with Gasteiger partial charge < -0.3 is 10.6 Å². The average molecular weight is 360 g/mol. The predicted octanol–water partition coefficient (Wildman–Crippen LogP) is 5.01. The molecule has 0 saturated heterocycles. The van der Waals surface area contributed by atoms with E-state index in [-0.39, 0.29) is 11.8 Å². The number of rotatable bonds is 4. The maximum atomic E-state index is 12.5. The molecule has 0 saturated carbocycles. The third-order valence-electron chi connectivity index (χ3n) is 4.32. The summed E-state index contributed by atoms with van der Waals surface area (Å²) in [5.74, 6) is -0.160. The summed E-state index contributed by atoms with van der Waals surface area (Å²) in [4.78, 5) is 24.7. The first kappa shape index (κ1) is 18.6. The monoisotopic (exact) mass is 360 g/mol. The lowest BCUT2D eigenvalue weighted by Gasteiger charge is -2.18. The fourth-order valence-corrected chi connectivity index (χ4v) is 2.82. The highest BCUT2D eigenvalue weighted by molar-refractivity contribution is 5.98. The van der Waals surface area contributed by atoms with Crippen LogP contribution in [0.5, 0.6) is 0 Å². The standard InChI is InChI=1S/C23H24N2O2/c1-23(2,3)22(27)25-19-12-7-11-18(15-19)24-21(26)14-17-10-6-9-16-8-4-5-13-20(16)17/h4-13,15H,14H2,1-3H3,(H,24,26)(H,25,27). The van der Waals surface area contributed by atoms with Crippen molar-refractivity contribution in [1.82, 2.24) is 0 Å². The Hall–Kier alpha value is -3.14. The molecule has 3 aromatic carbocycles. The fourth-order valence-electron chi connectivity index (χ4n) is 2.82. The van der Waals surface area contributed by atoms with E-state index in [4.69, 9.17) is 0 Å². The van der Waals surface area contributed by atoms with Crippen molar-refractivity contribution in [3.05, 3.63) is 72.3 Å². The maximum absolute atomic E-state index is 12.5. The zero-order valence-electron chi connectivity index (χ0n) is 15.9. The number of fused-ring (bicyclic) bond motifs is 1. The number of nitrogens with one attached hydrogen (secondary N) is 2. The molecule has 0 heterocycles. The van der Waals surface area contributed by atoms with E-state index in [0.29, 0.717) is 17.8 Å². The molecule has 0 bridgehead atoms. The van der Waals surface area contributed by atoms with Gasteiger partial charge in [0, 0.05) is 16.8 Å². The molecule has 0 aliphatic heterocycles. The van der Waals surface area contributed by atoms with Gasteiger partial charge in [-0.3, -0.25) is 9.59 Å². The molecule has 0 spiro atoms. The Labute approximate surface area is 159 Å². The Kier molecular flexibility index (Phi) is 5.26. The summed E-state index contributed by atoms with van der Waals surface area (Å²) in [7, 11) is 0. The van der Waals surface area contributed by atoms with E-state index in [1.807, 2.05) is 81.4 Å². The third-order valence-corrected chi connectivity index (χ3v) is 4.32. The molecule has 0 unspecified atom stereocenters. The molecule has 0 atom stereocenters. The average Bonchev–Trinajstić information content (AvgIpc) is 2.61. The van der Waals surface area contributed by atoms with Crippen LogP contribution < -0.4 is 10.6 Å². The zero-order valence-corrected chi connectivity index (χ0v) is 15.9. The van der Waals surface area contributed by atoms with Crippen molar-refractivity contribution >= 4 is 34.0 Å². The van der Waals surface area contributed by atoms with Crippen molar-refractivity contribution < 1.29 is 9.59 Å². The second-order valence-electron chi connectivity index (χ2n) is 7.65. The largest absolute Gasteiger partial charge is 0.326 e. The van der Waals surface area contributed by atoms with Gasteiger partial charge in [-0.25, -0.2) is 0 Å². The van der Waals surface area contributed by atoms with Crippen molar-refractivity contribution in [3.8, 4) is 0 Å². The van der Waals surface area contributed by atoms with E-state index in [1.54, 1.807) is 6.07 Å². The minimum Gasteiger partial charge on any atom is -0.326 e. The zero-order chi connectivity index (χ0) is 19.4. The SMILES string of the molecule is CC(C)(C)C(=O)Nc1cccc(NC(=O)Cc2cccc3ccccc23)c1. The Morgan fingerprint density at radius 2 is 1.44 bits per heavy atom. The molecule has 4 heteroatoms. The number of hydrogen-bond acceptors (Lipinski definition) is 2. The third kappa shape index (κ3) is 4.73. The molecule has 2 N–H and O–H groups in total. The molecule has 138 valence electrons. The van der Waals surface area contributed by atoms with Crippen LogP contribution in [0.25, 0.3) is 10.8 Å². The quantitative estimate of drug-likeness (QED) is 0.687. The molecule has 0 radical (unpaired) electrons. The summed E-state index contributed by atoms with van der Waals surface area (Å²) in [5.41, 5.74) is 1.83. The van der Waals surface area contributed by atoms with Gasteiger partial charge in [0.05, 0.1) is 6.42 Å². The van der Waals surface area contributed by atoms with E-state index in [2.05, 4.69) is 10.6 Å². The van der Waals surface area contributed by atoms with Crippen molar-refractivity contribution in [3.63, 3.8) is 0 Å². The highest BCUT2D eigenvalue weighted by Crippen LogP contribution is 2.22. The molecule has 2 amide bonds. The number of carbonyl (C=O) groups is 2. The van der Waals surface area contributed by atoms with E-state index in [9.17, 15) is 9.59 Å². The maximum Gasteiger partial charge on any atom is 0.229 e. The van der Waals surface area contributed by atoms with Crippen LogP contribution in [0.1, 0.15) is 26.3 Å². The van der Waals surface area contributed by atoms with Crippen LogP contribution >= 0.6 is 0 Å². The Morgan fingerprint density at radius 1 is 0.815 bits per heavy atom. The molecular formula is C23H24N2O2. The first-order valence-corrected chi connectivity index (χ1v) is 9.01. The van der Waals surface area contributed by atoms with Crippen molar-refractivity contribution in [2.45, 2.75) is 27.2 Å². The van der Waals surface area contributed by atoms with E-state index in [0.717, 1.165) is 16.3 Å².